The van der Waals surface area contributed by atoms with E-state index < -0.39 is 25.5 Å². The second-order valence-corrected chi connectivity index (χ2v) is 4.51. The van der Waals surface area contributed by atoms with Gasteiger partial charge in [0.25, 0.3) is 0 Å². The molecule has 1 unspecified atom stereocenters. The van der Waals surface area contributed by atoms with Crippen molar-refractivity contribution in [2.75, 3.05) is 26.9 Å². The fraction of sp³-hybridized carbons (Fsp3) is 0.467. The summed E-state index contributed by atoms with van der Waals surface area (Å²) in [6.45, 7) is -0.171. The Bertz CT molecular complexity index is 486. The molecule has 0 saturated carbocycles. The van der Waals surface area contributed by atoms with Crippen LogP contribution in [-0.4, -0.2) is 44.3 Å². The molecule has 0 radical (unpaired) electrons. The van der Waals surface area contributed by atoms with Crippen LogP contribution in [0.1, 0.15) is 12.5 Å². The summed E-state index contributed by atoms with van der Waals surface area (Å²) in [6, 6.07) is 5.21. The van der Waals surface area contributed by atoms with Crippen molar-refractivity contribution < 1.29 is 32.5 Å². The zero-order chi connectivity index (χ0) is 16.6. The Morgan fingerprint density at radius 3 is 2.55 bits per heavy atom. The second kappa shape index (κ2) is 8.65. The van der Waals surface area contributed by atoms with Crippen molar-refractivity contribution in [3.8, 4) is 11.5 Å². The maximum atomic E-state index is 11.9. The van der Waals surface area contributed by atoms with Crippen LogP contribution >= 0.6 is 0 Å². The van der Waals surface area contributed by atoms with Gasteiger partial charge in [-0.05, 0) is 24.6 Å². The molecule has 0 heterocycles. The monoisotopic (exact) mass is 320 g/mol. The van der Waals surface area contributed by atoms with Crippen LogP contribution in [0.5, 0.6) is 11.5 Å². The first-order chi connectivity index (χ1) is 10.4. The highest BCUT2D eigenvalue weighted by Crippen LogP contribution is 2.28. The Hall–Kier alpha value is -1.73. The molecule has 7 heteroatoms. The SMILES string of the molecule is C/C=C/c1ccc(OCC(O)COCC(F)(F)F)c(OC)c1. The van der Waals surface area contributed by atoms with Gasteiger partial charge >= 0.3 is 6.18 Å². The van der Waals surface area contributed by atoms with Gasteiger partial charge in [0.15, 0.2) is 11.5 Å². The normalized spacial score (nSPS) is 13.4. The van der Waals surface area contributed by atoms with Gasteiger partial charge in [0.05, 0.1) is 13.7 Å². The lowest BCUT2D eigenvalue weighted by molar-refractivity contribution is -0.179. The van der Waals surface area contributed by atoms with Crippen LogP contribution < -0.4 is 9.47 Å². The molecule has 0 aliphatic carbocycles. The maximum Gasteiger partial charge on any atom is 0.411 e. The van der Waals surface area contributed by atoms with Crippen molar-refractivity contribution in [3.05, 3.63) is 29.8 Å². The minimum absolute atomic E-state index is 0.197. The third-order valence-electron chi connectivity index (χ3n) is 2.55. The van der Waals surface area contributed by atoms with Gasteiger partial charge in [-0.15, -0.1) is 0 Å². The number of hydrogen-bond donors (Lipinski definition) is 1. The number of halogens is 3. The molecule has 0 saturated heterocycles. The molecule has 1 aromatic carbocycles. The number of alkyl halides is 3. The molecule has 0 spiro atoms. The molecule has 0 fully saturated rings. The fourth-order valence-electron chi connectivity index (χ4n) is 1.64. The lowest BCUT2D eigenvalue weighted by atomic mass is 10.2. The summed E-state index contributed by atoms with van der Waals surface area (Å²) in [5.74, 6) is 0.865. The van der Waals surface area contributed by atoms with Crippen LogP contribution in [0.15, 0.2) is 24.3 Å². The van der Waals surface area contributed by atoms with Crippen LogP contribution in [-0.2, 0) is 4.74 Å². The quantitative estimate of drug-likeness (QED) is 0.800. The molecule has 1 rings (SSSR count). The van der Waals surface area contributed by atoms with Gasteiger partial charge in [0.1, 0.15) is 19.3 Å². The molecule has 1 atom stereocenters. The Balaban J connectivity index is 2.49. The molecule has 1 N–H and O–H groups in total. The molecule has 4 nitrogen and oxygen atoms in total. The molecule has 22 heavy (non-hydrogen) atoms. The Kier molecular flexibility index (Phi) is 7.20. The standard InChI is InChI=1S/C15H19F3O4/c1-3-4-11-5-6-13(14(7-11)20-2)22-9-12(19)8-21-10-15(16,17)18/h3-7,12,19H,8-10H2,1-2H3/b4-3+. The van der Waals surface area contributed by atoms with Crippen molar-refractivity contribution >= 4 is 6.08 Å². The number of rotatable bonds is 8. The van der Waals surface area contributed by atoms with Crippen LogP contribution in [0.3, 0.4) is 0 Å². The topological polar surface area (TPSA) is 47.9 Å². The summed E-state index contributed by atoms with van der Waals surface area (Å²) in [5.41, 5.74) is 0.917. The summed E-state index contributed by atoms with van der Waals surface area (Å²) < 4.78 is 50.6. The number of methoxy groups -OCH3 is 1. The van der Waals surface area contributed by atoms with Gasteiger partial charge in [-0.2, -0.15) is 13.2 Å². The number of benzene rings is 1. The zero-order valence-corrected chi connectivity index (χ0v) is 12.4. The number of hydrogen-bond acceptors (Lipinski definition) is 4. The van der Waals surface area contributed by atoms with E-state index in [1.807, 2.05) is 19.1 Å². The van der Waals surface area contributed by atoms with Crippen molar-refractivity contribution in [1.82, 2.24) is 0 Å². The van der Waals surface area contributed by atoms with Gasteiger partial charge in [0.2, 0.25) is 0 Å². The average Bonchev–Trinajstić information content (AvgIpc) is 2.44. The van der Waals surface area contributed by atoms with Crippen molar-refractivity contribution in [2.45, 2.75) is 19.2 Å². The van der Waals surface area contributed by atoms with Crippen molar-refractivity contribution in [2.24, 2.45) is 0 Å². The minimum Gasteiger partial charge on any atom is -0.493 e. The molecular formula is C15H19F3O4. The van der Waals surface area contributed by atoms with E-state index in [2.05, 4.69) is 4.74 Å². The van der Waals surface area contributed by atoms with Crippen LogP contribution in [0.2, 0.25) is 0 Å². The van der Waals surface area contributed by atoms with E-state index in [1.54, 1.807) is 18.2 Å². The predicted molar refractivity (Wildman–Crippen MR) is 76.1 cm³/mol. The Labute approximate surface area is 127 Å². The van der Waals surface area contributed by atoms with Gasteiger partial charge in [-0.25, -0.2) is 0 Å². The first kappa shape index (κ1) is 18.3. The van der Waals surface area contributed by atoms with E-state index in [4.69, 9.17) is 9.47 Å². The zero-order valence-electron chi connectivity index (χ0n) is 12.4. The summed E-state index contributed by atoms with van der Waals surface area (Å²) in [5, 5.41) is 9.54. The highest BCUT2D eigenvalue weighted by atomic mass is 19.4. The van der Waals surface area contributed by atoms with E-state index in [-0.39, 0.29) is 6.61 Å². The fourth-order valence-corrected chi connectivity index (χ4v) is 1.64. The van der Waals surface area contributed by atoms with Crippen LogP contribution in [0.4, 0.5) is 13.2 Å². The molecule has 0 aromatic heterocycles. The number of allylic oxidation sites excluding steroid dienone is 1. The van der Waals surface area contributed by atoms with E-state index in [9.17, 15) is 18.3 Å². The number of aliphatic hydroxyl groups excluding tert-OH is 1. The first-order valence-electron chi connectivity index (χ1n) is 6.62. The maximum absolute atomic E-state index is 11.9. The molecule has 0 bridgehead atoms. The molecular weight excluding hydrogens is 301 g/mol. The molecule has 0 aliphatic rings. The minimum atomic E-state index is -4.41. The second-order valence-electron chi connectivity index (χ2n) is 4.51. The first-order valence-corrected chi connectivity index (χ1v) is 6.62. The highest BCUT2D eigenvalue weighted by Gasteiger charge is 2.27. The highest BCUT2D eigenvalue weighted by molar-refractivity contribution is 5.55. The van der Waals surface area contributed by atoms with Crippen molar-refractivity contribution in [3.63, 3.8) is 0 Å². The van der Waals surface area contributed by atoms with Crippen LogP contribution in [0.25, 0.3) is 6.08 Å². The smallest absolute Gasteiger partial charge is 0.411 e. The third-order valence-corrected chi connectivity index (χ3v) is 2.55. The number of aliphatic hydroxyl groups is 1. The Morgan fingerprint density at radius 1 is 1.23 bits per heavy atom. The van der Waals surface area contributed by atoms with Gasteiger partial charge in [-0.3, -0.25) is 0 Å². The lowest BCUT2D eigenvalue weighted by Gasteiger charge is -2.15. The van der Waals surface area contributed by atoms with E-state index in [0.29, 0.717) is 11.5 Å². The Morgan fingerprint density at radius 2 is 1.95 bits per heavy atom. The molecule has 0 amide bonds. The largest absolute Gasteiger partial charge is 0.493 e. The third kappa shape index (κ3) is 6.82. The van der Waals surface area contributed by atoms with E-state index in [1.165, 1.54) is 7.11 Å². The average molecular weight is 320 g/mol. The van der Waals surface area contributed by atoms with Gasteiger partial charge < -0.3 is 19.3 Å². The van der Waals surface area contributed by atoms with Gasteiger partial charge in [-0.1, -0.05) is 18.2 Å². The summed E-state index contributed by atoms with van der Waals surface area (Å²) in [4.78, 5) is 0. The summed E-state index contributed by atoms with van der Waals surface area (Å²) in [6.07, 6.45) is -1.82. The summed E-state index contributed by atoms with van der Waals surface area (Å²) >= 11 is 0. The molecule has 0 aliphatic heterocycles. The molecule has 124 valence electrons. The van der Waals surface area contributed by atoms with E-state index in [0.717, 1.165) is 5.56 Å². The lowest BCUT2D eigenvalue weighted by Crippen LogP contribution is -2.27. The van der Waals surface area contributed by atoms with E-state index >= 15 is 0 Å². The predicted octanol–water partition coefficient (Wildman–Crippen LogP) is 3.05. The molecule has 1 aromatic rings. The van der Waals surface area contributed by atoms with Crippen molar-refractivity contribution in [1.29, 1.82) is 0 Å². The van der Waals surface area contributed by atoms with Gasteiger partial charge in [0, 0.05) is 0 Å². The summed E-state index contributed by atoms with van der Waals surface area (Å²) in [7, 11) is 1.48. The van der Waals surface area contributed by atoms with Crippen LogP contribution in [0, 0.1) is 0 Å². The number of ether oxygens (including phenoxy) is 3.